The fraction of sp³-hybridized carbons (Fsp3) is 0.381. The number of halogens is 1. The van der Waals surface area contributed by atoms with Gasteiger partial charge >= 0.3 is 0 Å². The summed E-state index contributed by atoms with van der Waals surface area (Å²) in [5.41, 5.74) is 2.51. The second kappa shape index (κ2) is 9.22. The molecular weight excluding hydrogens is 364 g/mol. The third-order valence-electron chi connectivity index (χ3n) is 4.77. The Bertz CT molecular complexity index is 739. The number of amides is 1. The van der Waals surface area contributed by atoms with Crippen LogP contribution in [0.15, 0.2) is 48.5 Å². The maximum absolute atomic E-state index is 12.4. The van der Waals surface area contributed by atoms with Gasteiger partial charge in [-0.05, 0) is 60.7 Å². The second-order valence-corrected chi connectivity index (χ2v) is 6.92. The van der Waals surface area contributed by atoms with Crippen LogP contribution in [0.4, 0.5) is 5.69 Å². The normalized spacial score (nSPS) is 19.0. The smallest absolute Gasteiger partial charge is 0.255 e. The molecule has 1 atom stereocenters. The molecule has 5 nitrogen and oxygen atoms in total. The van der Waals surface area contributed by atoms with Gasteiger partial charge in [-0.1, -0.05) is 12.1 Å². The van der Waals surface area contributed by atoms with E-state index in [-0.39, 0.29) is 24.4 Å². The second-order valence-electron chi connectivity index (χ2n) is 6.92. The van der Waals surface area contributed by atoms with E-state index < -0.39 is 0 Å². The number of carbonyl (C=O) groups is 1. The van der Waals surface area contributed by atoms with Crippen LogP contribution in [-0.4, -0.2) is 32.2 Å². The lowest BCUT2D eigenvalue weighted by Gasteiger charge is -2.24. The summed E-state index contributed by atoms with van der Waals surface area (Å²) in [6.45, 7) is 3.22. The lowest BCUT2D eigenvalue weighted by atomic mass is 10.1. The molecule has 0 unspecified atom stereocenters. The molecule has 2 N–H and O–H groups in total. The van der Waals surface area contributed by atoms with Gasteiger partial charge in [0.25, 0.3) is 5.91 Å². The first-order valence-corrected chi connectivity index (χ1v) is 9.24. The van der Waals surface area contributed by atoms with Crippen molar-refractivity contribution in [2.75, 3.05) is 31.6 Å². The molecule has 1 saturated heterocycles. The molecule has 1 heterocycles. The van der Waals surface area contributed by atoms with Crippen molar-refractivity contribution in [3.05, 3.63) is 59.7 Å². The minimum Gasteiger partial charge on any atom is -0.493 e. The van der Waals surface area contributed by atoms with E-state index in [1.807, 2.05) is 36.4 Å². The quantitative estimate of drug-likeness (QED) is 0.790. The number of hydrogen-bond acceptors (Lipinski definition) is 4. The molecule has 0 bridgehead atoms. The van der Waals surface area contributed by atoms with Crippen LogP contribution >= 0.6 is 12.4 Å². The summed E-state index contributed by atoms with van der Waals surface area (Å²) in [5, 5.41) is 6.25. The summed E-state index contributed by atoms with van der Waals surface area (Å²) < 4.78 is 11.4. The van der Waals surface area contributed by atoms with Gasteiger partial charge in [-0.15, -0.1) is 12.4 Å². The molecule has 2 aromatic rings. The van der Waals surface area contributed by atoms with Gasteiger partial charge in [-0.25, -0.2) is 0 Å². The van der Waals surface area contributed by atoms with E-state index in [1.165, 1.54) is 12.8 Å². The number of ether oxygens (including phenoxy) is 2. The molecule has 1 aliphatic heterocycles. The predicted molar refractivity (Wildman–Crippen MR) is 108 cm³/mol. The number of benzene rings is 2. The molecule has 0 spiro atoms. The number of anilines is 1. The first-order valence-electron chi connectivity index (χ1n) is 9.24. The van der Waals surface area contributed by atoms with Crippen LogP contribution in [0.3, 0.4) is 0 Å². The van der Waals surface area contributed by atoms with Crippen molar-refractivity contribution < 1.29 is 14.3 Å². The van der Waals surface area contributed by atoms with Crippen LogP contribution in [0, 0.1) is 5.92 Å². The van der Waals surface area contributed by atoms with Crippen LogP contribution in [0.2, 0.25) is 0 Å². The number of nitrogens with one attached hydrogen (secondary N) is 2. The third-order valence-corrected chi connectivity index (χ3v) is 4.77. The van der Waals surface area contributed by atoms with E-state index in [9.17, 15) is 4.79 Å². The van der Waals surface area contributed by atoms with Crippen LogP contribution in [0.1, 0.15) is 34.9 Å². The fourth-order valence-electron chi connectivity index (χ4n) is 2.97. The zero-order valence-electron chi connectivity index (χ0n) is 15.1. The third kappa shape index (κ3) is 5.45. The Balaban J connectivity index is 0.00000210. The number of hydrogen-bond donors (Lipinski definition) is 2. The monoisotopic (exact) mass is 388 g/mol. The molecule has 1 amide bonds. The first kappa shape index (κ1) is 19.7. The first-order chi connectivity index (χ1) is 12.8. The Kier molecular flexibility index (Phi) is 6.72. The average molecular weight is 389 g/mol. The highest BCUT2D eigenvalue weighted by Gasteiger charge is 2.22. The van der Waals surface area contributed by atoms with Gasteiger partial charge < -0.3 is 20.1 Å². The molecule has 2 fully saturated rings. The van der Waals surface area contributed by atoms with Crippen LogP contribution in [0.5, 0.6) is 5.75 Å². The molecule has 0 aromatic heterocycles. The SMILES string of the molecule is Cl.O=C(Nc1ccc([C@@H]2CNCCO2)cc1)c1ccc(OCC2CC2)cc1. The van der Waals surface area contributed by atoms with Crippen molar-refractivity contribution in [1.29, 1.82) is 0 Å². The molecule has 0 radical (unpaired) electrons. The van der Waals surface area contributed by atoms with Gasteiger partial charge in [0.1, 0.15) is 5.75 Å². The van der Waals surface area contributed by atoms with Crippen molar-refractivity contribution in [2.24, 2.45) is 5.92 Å². The highest BCUT2D eigenvalue weighted by molar-refractivity contribution is 6.04. The van der Waals surface area contributed by atoms with Gasteiger partial charge in [0.15, 0.2) is 0 Å². The largest absolute Gasteiger partial charge is 0.493 e. The van der Waals surface area contributed by atoms with Crippen molar-refractivity contribution in [3.8, 4) is 5.75 Å². The molecule has 2 aromatic carbocycles. The average Bonchev–Trinajstić information content (AvgIpc) is 3.52. The van der Waals surface area contributed by atoms with E-state index in [0.29, 0.717) is 5.56 Å². The van der Waals surface area contributed by atoms with Gasteiger partial charge in [0, 0.05) is 24.3 Å². The molecule has 4 rings (SSSR count). The minimum absolute atomic E-state index is 0. The Morgan fingerprint density at radius 3 is 2.48 bits per heavy atom. The lowest BCUT2D eigenvalue weighted by molar-refractivity contribution is 0.0277. The van der Waals surface area contributed by atoms with E-state index in [2.05, 4.69) is 10.6 Å². The summed E-state index contributed by atoms with van der Waals surface area (Å²) in [6.07, 6.45) is 2.61. The van der Waals surface area contributed by atoms with Crippen molar-refractivity contribution >= 4 is 24.0 Å². The zero-order chi connectivity index (χ0) is 17.8. The van der Waals surface area contributed by atoms with Gasteiger partial charge in [-0.2, -0.15) is 0 Å². The fourth-order valence-corrected chi connectivity index (χ4v) is 2.97. The molecule has 1 aliphatic carbocycles. The minimum atomic E-state index is -0.123. The maximum Gasteiger partial charge on any atom is 0.255 e. The summed E-state index contributed by atoms with van der Waals surface area (Å²) >= 11 is 0. The molecule has 2 aliphatic rings. The van der Waals surface area contributed by atoms with Crippen molar-refractivity contribution in [1.82, 2.24) is 5.32 Å². The highest BCUT2D eigenvalue weighted by atomic mass is 35.5. The Morgan fingerprint density at radius 1 is 1.11 bits per heavy atom. The topological polar surface area (TPSA) is 59.6 Å². The predicted octanol–water partition coefficient (Wildman–Crippen LogP) is 3.81. The van der Waals surface area contributed by atoms with Gasteiger partial charge in [0.05, 0.1) is 19.3 Å². The van der Waals surface area contributed by atoms with Crippen molar-refractivity contribution in [2.45, 2.75) is 18.9 Å². The molecule has 27 heavy (non-hydrogen) atoms. The number of morpholine rings is 1. The summed E-state index contributed by atoms with van der Waals surface area (Å²) in [5.74, 6) is 1.41. The molecular formula is C21H25ClN2O3. The van der Waals surface area contributed by atoms with Crippen LogP contribution in [-0.2, 0) is 4.74 Å². The van der Waals surface area contributed by atoms with E-state index in [0.717, 1.165) is 49.2 Å². The molecule has 1 saturated carbocycles. The zero-order valence-corrected chi connectivity index (χ0v) is 16.0. The Hall–Kier alpha value is -2.08. The standard InChI is InChI=1S/C21H24N2O3.ClH/c24-21(17-5-9-19(10-6-17)26-14-15-1-2-15)23-18-7-3-16(4-8-18)20-13-22-11-12-25-20;/h3-10,15,20,22H,1-2,11-14H2,(H,23,24);1H/t20-;/m0./s1. The van der Waals surface area contributed by atoms with E-state index in [4.69, 9.17) is 9.47 Å². The van der Waals surface area contributed by atoms with Crippen LogP contribution in [0.25, 0.3) is 0 Å². The lowest BCUT2D eigenvalue weighted by Crippen LogP contribution is -2.33. The maximum atomic E-state index is 12.4. The number of carbonyl (C=O) groups excluding carboxylic acids is 1. The van der Waals surface area contributed by atoms with Gasteiger partial charge in [0.2, 0.25) is 0 Å². The summed E-state index contributed by atoms with van der Waals surface area (Å²) in [7, 11) is 0. The van der Waals surface area contributed by atoms with E-state index >= 15 is 0 Å². The Labute approximate surface area is 165 Å². The Morgan fingerprint density at radius 2 is 1.85 bits per heavy atom. The molecule has 6 heteroatoms. The summed E-state index contributed by atoms with van der Waals surface area (Å²) in [6, 6.07) is 15.1. The van der Waals surface area contributed by atoms with Crippen molar-refractivity contribution in [3.63, 3.8) is 0 Å². The van der Waals surface area contributed by atoms with E-state index in [1.54, 1.807) is 12.1 Å². The summed E-state index contributed by atoms with van der Waals surface area (Å²) in [4.78, 5) is 12.4. The molecule has 144 valence electrons. The van der Waals surface area contributed by atoms with Gasteiger partial charge in [-0.3, -0.25) is 4.79 Å². The van der Waals surface area contributed by atoms with Crippen LogP contribution < -0.4 is 15.4 Å². The number of rotatable bonds is 6. The highest BCUT2D eigenvalue weighted by Crippen LogP contribution is 2.29.